The maximum Gasteiger partial charge on any atom is 0.243 e. The molecule has 1 aliphatic rings. The van der Waals surface area contributed by atoms with Crippen molar-refractivity contribution in [3.8, 4) is 0 Å². The zero-order chi connectivity index (χ0) is 12.5. The number of nitrogens with one attached hydrogen (secondary N) is 1. The molecule has 0 spiro atoms. The van der Waals surface area contributed by atoms with Crippen LogP contribution < -0.4 is 5.32 Å². The maximum absolute atomic E-state index is 4.53. The normalized spacial score (nSPS) is 24.3. The highest BCUT2D eigenvalue weighted by Gasteiger charge is 2.19. The Morgan fingerprint density at radius 3 is 2.72 bits per heavy atom. The van der Waals surface area contributed by atoms with Crippen LogP contribution in [0.15, 0.2) is 18.2 Å². The third-order valence-electron chi connectivity index (χ3n) is 3.90. The second-order valence-corrected chi connectivity index (χ2v) is 5.47. The van der Waals surface area contributed by atoms with E-state index in [0.29, 0.717) is 6.04 Å². The van der Waals surface area contributed by atoms with E-state index in [-0.39, 0.29) is 0 Å². The number of anilines is 1. The molecule has 2 heterocycles. The Balaban J connectivity index is 1.77. The summed E-state index contributed by atoms with van der Waals surface area (Å²) < 4.78 is 1.90. The van der Waals surface area contributed by atoms with Gasteiger partial charge in [0.2, 0.25) is 5.95 Å². The number of aromatic nitrogens is 3. The Kier molecular flexibility index (Phi) is 2.94. The number of fused-ring (bicyclic) bond motifs is 1. The van der Waals surface area contributed by atoms with E-state index in [1.165, 1.54) is 25.7 Å². The minimum Gasteiger partial charge on any atom is -0.350 e. The average Bonchev–Trinajstić information content (AvgIpc) is 2.76. The molecule has 0 bridgehead atoms. The highest BCUT2D eigenvalue weighted by atomic mass is 15.4. The van der Waals surface area contributed by atoms with E-state index in [0.717, 1.165) is 23.2 Å². The average molecular weight is 244 g/mol. The summed E-state index contributed by atoms with van der Waals surface area (Å²) in [5.74, 6) is 1.64. The van der Waals surface area contributed by atoms with Gasteiger partial charge in [0.1, 0.15) is 0 Å². The standard InChI is InChI=1S/C14H20N4/c1-10-6-8-12(9-7-10)15-14-16-13-5-3-4-11(2)18(13)17-14/h3-5,10,12H,6-9H2,1-2H3,(H,15,17). The van der Waals surface area contributed by atoms with Gasteiger partial charge in [0.25, 0.3) is 0 Å². The van der Waals surface area contributed by atoms with Gasteiger partial charge in [-0.2, -0.15) is 4.98 Å². The summed E-state index contributed by atoms with van der Waals surface area (Å²) in [6.45, 7) is 4.39. The fourth-order valence-corrected chi connectivity index (χ4v) is 2.68. The number of hydrogen-bond acceptors (Lipinski definition) is 3. The van der Waals surface area contributed by atoms with Crippen LogP contribution in [0.25, 0.3) is 5.65 Å². The molecule has 0 aliphatic heterocycles. The van der Waals surface area contributed by atoms with Crippen LogP contribution in [0.4, 0.5) is 5.95 Å². The van der Waals surface area contributed by atoms with Crippen LogP contribution in [0.1, 0.15) is 38.3 Å². The van der Waals surface area contributed by atoms with Crippen LogP contribution >= 0.6 is 0 Å². The molecule has 2 aromatic heterocycles. The van der Waals surface area contributed by atoms with Crippen molar-refractivity contribution in [1.29, 1.82) is 0 Å². The molecular formula is C14H20N4. The predicted octanol–water partition coefficient (Wildman–Crippen LogP) is 3.03. The van der Waals surface area contributed by atoms with E-state index in [2.05, 4.69) is 22.3 Å². The first-order valence-corrected chi connectivity index (χ1v) is 6.81. The Bertz CT molecular complexity index is 538. The van der Waals surface area contributed by atoms with Gasteiger partial charge in [0.15, 0.2) is 5.65 Å². The Labute approximate surface area is 107 Å². The van der Waals surface area contributed by atoms with Crippen LogP contribution in [0, 0.1) is 12.8 Å². The molecule has 0 amide bonds. The summed E-state index contributed by atoms with van der Waals surface area (Å²) in [6.07, 6.45) is 5.08. The molecular weight excluding hydrogens is 224 g/mol. The third-order valence-corrected chi connectivity index (χ3v) is 3.90. The van der Waals surface area contributed by atoms with Gasteiger partial charge in [0, 0.05) is 11.7 Å². The SMILES string of the molecule is Cc1cccc2nc(NC3CCC(C)CC3)nn12. The lowest BCUT2D eigenvalue weighted by Crippen LogP contribution is -2.25. The second kappa shape index (κ2) is 4.59. The third kappa shape index (κ3) is 2.19. The highest BCUT2D eigenvalue weighted by Crippen LogP contribution is 2.25. The van der Waals surface area contributed by atoms with Crippen LogP contribution in [0.2, 0.25) is 0 Å². The Hall–Kier alpha value is -1.58. The molecule has 1 fully saturated rings. The number of nitrogens with zero attached hydrogens (tertiary/aromatic N) is 3. The molecule has 0 saturated heterocycles. The van der Waals surface area contributed by atoms with E-state index < -0.39 is 0 Å². The molecule has 0 atom stereocenters. The number of pyridine rings is 1. The lowest BCUT2D eigenvalue weighted by atomic mass is 9.87. The van der Waals surface area contributed by atoms with Crippen molar-refractivity contribution in [2.24, 2.45) is 5.92 Å². The largest absolute Gasteiger partial charge is 0.350 e. The van der Waals surface area contributed by atoms with E-state index in [9.17, 15) is 0 Å². The molecule has 0 unspecified atom stereocenters. The van der Waals surface area contributed by atoms with Gasteiger partial charge in [-0.25, -0.2) is 4.52 Å². The molecule has 0 aromatic carbocycles. The zero-order valence-electron chi connectivity index (χ0n) is 11.1. The monoisotopic (exact) mass is 244 g/mol. The minimum atomic E-state index is 0.541. The first-order valence-electron chi connectivity index (χ1n) is 6.81. The second-order valence-electron chi connectivity index (χ2n) is 5.47. The summed E-state index contributed by atoms with van der Waals surface area (Å²) in [5.41, 5.74) is 2.03. The molecule has 96 valence electrons. The Morgan fingerprint density at radius 1 is 1.22 bits per heavy atom. The summed E-state index contributed by atoms with van der Waals surface area (Å²) in [5, 5.41) is 7.99. The van der Waals surface area contributed by atoms with E-state index in [4.69, 9.17) is 0 Å². The summed E-state index contributed by atoms with van der Waals surface area (Å²) in [7, 11) is 0. The zero-order valence-corrected chi connectivity index (χ0v) is 11.1. The molecule has 0 radical (unpaired) electrons. The van der Waals surface area contributed by atoms with E-state index in [1.54, 1.807) is 0 Å². The molecule has 2 aromatic rings. The lowest BCUT2D eigenvalue weighted by Gasteiger charge is -2.26. The van der Waals surface area contributed by atoms with Crippen LogP contribution in [0.5, 0.6) is 0 Å². The van der Waals surface area contributed by atoms with Gasteiger partial charge in [0.05, 0.1) is 0 Å². The van der Waals surface area contributed by atoms with E-state index in [1.807, 2.05) is 29.6 Å². The number of hydrogen-bond donors (Lipinski definition) is 1. The molecule has 3 rings (SSSR count). The molecule has 18 heavy (non-hydrogen) atoms. The van der Waals surface area contributed by atoms with Gasteiger partial charge in [-0.1, -0.05) is 13.0 Å². The van der Waals surface area contributed by atoms with Gasteiger partial charge in [-0.05, 0) is 50.7 Å². The van der Waals surface area contributed by atoms with Crippen molar-refractivity contribution in [2.75, 3.05) is 5.32 Å². The van der Waals surface area contributed by atoms with Crippen LogP contribution in [-0.4, -0.2) is 20.6 Å². The molecule has 4 heteroatoms. The smallest absolute Gasteiger partial charge is 0.243 e. The van der Waals surface area contributed by atoms with Crippen molar-refractivity contribution in [2.45, 2.75) is 45.6 Å². The van der Waals surface area contributed by atoms with Gasteiger partial charge in [-0.15, -0.1) is 5.10 Å². The summed E-state index contributed by atoms with van der Waals surface area (Å²) >= 11 is 0. The maximum atomic E-state index is 4.53. The van der Waals surface area contributed by atoms with Crippen molar-refractivity contribution in [3.05, 3.63) is 23.9 Å². The minimum absolute atomic E-state index is 0.541. The molecule has 1 N–H and O–H groups in total. The fraction of sp³-hybridized carbons (Fsp3) is 0.571. The van der Waals surface area contributed by atoms with Crippen LogP contribution in [0.3, 0.4) is 0 Å². The number of rotatable bonds is 2. The summed E-state index contributed by atoms with van der Waals surface area (Å²) in [4.78, 5) is 4.53. The van der Waals surface area contributed by atoms with Crippen molar-refractivity contribution < 1.29 is 0 Å². The summed E-state index contributed by atoms with van der Waals surface area (Å²) in [6, 6.07) is 6.60. The van der Waals surface area contributed by atoms with Crippen molar-refractivity contribution in [3.63, 3.8) is 0 Å². The van der Waals surface area contributed by atoms with Gasteiger partial charge in [-0.3, -0.25) is 0 Å². The van der Waals surface area contributed by atoms with Gasteiger partial charge >= 0.3 is 0 Å². The Morgan fingerprint density at radius 2 is 2.00 bits per heavy atom. The first-order chi connectivity index (χ1) is 8.72. The van der Waals surface area contributed by atoms with Crippen molar-refractivity contribution in [1.82, 2.24) is 14.6 Å². The molecule has 1 saturated carbocycles. The molecule has 1 aliphatic carbocycles. The fourth-order valence-electron chi connectivity index (χ4n) is 2.68. The predicted molar refractivity (Wildman–Crippen MR) is 72.8 cm³/mol. The lowest BCUT2D eigenvalue weighted by molar-refractivity contribution is 0.360. The van der Waals surface area contributed by atoms with E-state index >= 15 is 0 Å². The highest BCUT2D eigenvalue weighted by molar-refractivity contribution is 5.44. The van der Waals surface area contributed by atoms with Crippen molar-refractivity contribution >= 4 is 11.6 Å². The molecule has 4 nitrogen and oxygen atoms in total. The first kappa shape index (κ1) is 11.5. The van der Waals surface area contributed by atoms with Crippen LogP contribution in [-0.2, 0) is 0 Å². The topological polar surface area (TPSA) is 42.2 Å². The number of aryl methyl sites for hydroxylation is 1. The van der Waals surface area contributed by atoms with Gasteiger partial charge < -0.3 is 5.32 Å². The quantitative estimate of drug-likeness (QED) is 0.883.